The van der Waals surface area contributed by atoms with Gasteiger partial charge in [0.2, 0.25) is 0 Å². The Kier molecular flexibility index (Phi) is 3.39. The van der Waals surface area contributed by atoms with Crippen molar-refractivity contribution in [3.05, 3.63) is 29.0 Å². The van der Waals surface area contributed by atoms with Crippen LogP contribution in [0.5, 0.6) is 0 Å². The normalized spacial score (nSPS) is 12.2. The molecule has 0 unspecified atom stereocenters. The van der Waals surface area contributed by atoms with E-state index in [4.69, 9.17) is 0 Å². The highest BCUT2D eigenvalue weighted by Crippen LogP contribution is 2.20. The molecule has 0 aliphatic rings. The summed E-state index contributed by atoms with van der Waals surface area (Å²) in [5, 5.41) is 0. The molecule has 1 aromatic heterocycles. The van der Waals surface area contributed by atoms with Gasteiger partial charge in [-0.3, -0.25) is 4.74 Å². The van der Waals surface area contributed by atoms with Crippen LogP contribution in [-0.2, 0) is 11.3 Å². The number of halogens is 4. The Balaban J connectivity index is 2.11. The molecule has 0 spiro atoms. The highest BCUT2D eigenvalue weighted by Gasteiger charge is 2.28. The van der Waals surface area contributed by atoms with Crippen LogP contribution in [0, 0.1) is 0 Å². The Hall–Kier alpha value is -1.08. The molecule has 0 radical (unpaired) electrons. The van der Waals surface area contributed by atoms with Crippen molar-refractivity contribution in [3.8, 4) is 0 Å². The molecule has 0 atom stereocenters. The maximum atomic E-state index is 11.8. The van der Waals surface area contributed by atoms with Crippen LogP contribution in [0.3, 0.4) is 0 Å². The van der Waals surface area contributed by atoms with Crippen LogP contribution in [0.2, 0.25) is 0 Å². The van der Waals surface area contributed by atoms with Gasteiger partial charge in [-0.15, -0.1) is 13.2 Å². The van der Waals surface area contributed by atoms with Crippen LogP contribution < -0.4 is 0 Å². The first-order chi connectivity index (χ1) is 7.96. The number of aromatic nitrogens is 2. The molecule has 7 heteroatoms. The van der Waals surface area contributed by atoms with E-state index in [0.29, 0.717) is 0 Å². The van der Waals surface area contributed by atoms with Gasteiger partial charge in [0, 0.05) is 11.0 Å². The summed E-state index contributed by atoms with van der Waals surface area (Å²) in [5.41, 5.74) is 1.50. The SMILES string of the molecule is FC(F)(F)OCCn1cnc2ccc(Br)cc21. The average Bonchev–Trinajstić information content (AvgIpc) is 2.59. The van der Waals surface area contributed by atoms with E-state index in [-0.39, 0.29) is 6.54 Å². The fourth-order valence-electron chi connectivity index (χ4n) is 1.47. The Morgan fingerprint density at radius 1 is 1.35 bits per heavy atom. The van der Waals surface area contributed by atoms with E-state index in [9.17, 15) is 13.2 Å². The van der Waals surface area contributed by atoms with Crippen molar-refractivity contribution in [3.63, 3.8) is 0 Å². The van der Waals surface area contributed by atoms with Gasteiger partial charge < -0.3 is 4.57 Å². The molecule has 17 heavy (non-hydrogen) atoms. The third-order valence-corrected chi connectivity index (χ3v) is 2.67. The van der Waals surface area contributed by atoms with Gasteiger partial charge in [0.25, 0.3) is 0 Å². The second-order valence-corrected chi connectivity index (χ2v) is 4.28. The van der Waals surface area contributed by atoms with Crippen LogP contribution in [0.1, 0.15) is 0 Å². The van der Waals surface area contributed by atoms with E-state index in [1.807, 2.05) is 6.07 Å². The summed E-state index contributed by atoms with van der Waals surface area (Å²) in [6.45, 7) is -0.325. The lowest BCUT2D eigenvalue weighted by molar-refractivity contribution is -0.325. The fourth-order valence-corrected chi connectivity index (χ4v) is 1.82. The molecule has 0 saturated heterocycles. The van der Waals surface area contributed by atoms with Crippen LogP contribution in [-0.4, -0.2) is 22.5 Å². The molecule has 0 saturated carbocycles. The van der Waals surface area contributed by atoms with E-state index < -0.39 is 13.0 Å². The van der Waals surface area contributed by atoms with E-state index in [1.54, 1.807) is 16.7 Å². The van der Waals surface area contributed by atoms with Crippen molar-refractivity contribution < 1.29 is 17.9 Å². The number of hydrogen-bond donors (Lipinski definition) is 0. The quantitative estimate of drug-likeness (QED) is 0.869. The van der Waals surface area contributed by atoms with Gasteiger partial charge in [0.1, 0.15) is 0 Å². The van der Waals surface area contributed by atoms with Crippen molar-refractivity contribution in [2.75, 3.05) is 6.61 Å². The van der Waals surface area contributed by atoms with Gasteiger partial charge in [0.15, 0.2) is 0 Å². The molecule has 0 aliphatic heterocycles. The minimum Gasteiger partial charge on any atom is -0.328 e. The van der Waals surface area contributed by atoms with Gasteiger partial charge >= 0.3 is 6.36 Å². The smallest absolute Gasteiger partial charge is 0.328 e. The predicted octanol–water partition coefficient (Wildman–Crippen LogP) is 3.34. The molecule has 0 aliphatic carbocycles. The molecule has 92 valence electrons. The lowest BCUT2D eigenvalue weighted by Gasteiger charge is -2.08. The van der Waals surface area contributed by atoms with Crippen LogP contribution in [0.25, 0.3) is 11.0 Å². The number of alkyl halides is 3. The molecule has 1 heterocycles. The zero-order valence-electron chi connectivity index (χ0n) is 8.54. The van der Waals surface area contributed by atoms with Crippen LogP contribution in [0.15, 0.2) is 29.0 Å². The molecular weight excluding hydrogens is 301 g/mol. The number of fused-ring (bicyclic) bond motifs is 1. The Labute approximate surface area is 103 Å². The second-order valence-electron chi connectivity index (χ2n) is 3.37. The molecule has 0 N–H and O–H groups in total. The summed E-state index contributed by atoms with van der Waals surface area (Å²) in [7, 11) is 0. The van der Waals surface area contributed by atoms with E-state index >= 15 is 0 Å². The minimum absolute atomic E-state index is 0.104. The molecule has 1 aromatic carbocycles. The summed E-state index contributed by atoms with van der Waals surface area (Å²) >= 11 is 3.30. The lowest BCUT2D eigenvalue weighted by Crippen LogP contribution is -2.17. The summed E-state index contributed by atoms with van der Waals surface area (Å²) in [4.78, 5) is 4.08. The molecule has 3 nitrogen and oxygen atoms in total. The summed E-state index contributed by atoms with van der Waals surface area (Å²) in [6.07, 6.45) is -3.09. The highest BCUT2D eigenvalue weighted by molar-refractivity contribution is 9.10. The Morgan fingerprint density at radius 2 is 2.12 bits per heavy atom. The van der Waals surface area contributed by atoms with Crippen molar-refractivity contribution in [2.45, 2.75) is 12.9 Å². The third kappa shape index (κ3) is 3.19. The number of rotatable bonds is 3. The lowest BCUT2D eigenvalue weighted by atomic mass is 10.3. The molecule has 2 aromatic rings. The summed E-state index contributed by atoms with van der Waals surface area (Å²) in [5.74, 6) is 0. The largest absolute Gasteiger partial charge is 0.522 e. The van der Waals surface area contributed by atoms with Crippen molar-refractivity contribution in [1.29, 1.82) is 0 Å². The first kappa shape index (κ1) is 12.4. The molecule has 0 amide bonds. The summed E-state index contributed by atoms with van der Waals surface area (Å²) in [6, 6.07) is 5.42. The maximum Gasteiger partial charge on any atom is 0.522 e. The monoisotopic (exact) mass is 308 g/mol. The molecule has 0 bridgehead atoms. The highest BCUT2D eigenvalue weighted by atomic mass is 79.9. The Bertz CT molecular complexity index is 524. The van der Waals surface area contributed by atoms with Crippen LogP contribution in [0.4, 0.5) is 13.2 Å². The van der Waals surface area contributed by atoms with Gasteiger partial charge in [-0.25, -0.2) is 4.98 Å². The minimum atomic E-state index is -4.59. The maximum absolute atomic E-state index is 11.8. The van der Waals surface area contributed by atoms with E-state index in [2.05, 4.69) is 25.7 Å². The van der Waals surface area contributed by atoms with Crippen molar-refractivity contribution >= 4 is 27.0 Å². The average molecular weight is 309 g/mol. The van der Waals surface area contributed by atoms with Gasteiger partial charge in [-0.05, 0) is 18.2 Å². The van der Waals surface area contributed by atoms with E-state index in [1.165, 1.54) is 6.33 Å². The topological polar surface area (TPSA) is 27.1 Å². The van der Waals surface area contributed by atoms with Gasteiger partial charge in [0.05, 0.1) is 24.0 Å². The predicted molar refractivity (Wildman–Crippen MR) is 59.4 cm³/mol. The summed E-state index contributed by atoms with van der Waals surface area (Å²) < 4.78 is 41.6. The number of hydrogen-bond acceptors (Lipinski definition) is 2. The zero-order chi connectivity index (χ0) is 12.5. The fraction of sp³-hybridized carbons (Fsp3) is 0.300. The number of ether oxygens (including phenoxy) is 1. The Morgan fingerprint density at radius 3 is 2.82 bits per heavy atom. The standard InChI is InChI=1S/C10H8BrF3N2O/c11-7-1-2-8-9(5-7)16(6-15-8)3-4-17-10(12,13)14/h1-2,5-6H,3-4H2. The van der Waals surface area contributed by atoms with Crippen molar-refractivity contribution in [2.24, 2.45) is 0 Å². The van der Waals surface area contributed by atoms with Crippen molar-refractivity contribution in [1.82, 2.24) is 9.55 Å². The second kappa shape index (κ2) is 4.66. The zero-order valence-corrected chi connectivity index (χ0v) is 10.1. The first-order valence-corrected chi connectivity index (χ1v) is 5.56. The molecule has 0 fully saturated rings. The first-order valence-electron chi connectivity index (χ1n) is 4.77. The van der Waals surface area contributed by atoms with Crippen LogP contribution >= 0.6 is 15.9 Å². The van der Waals surface area contributed by atoms with Gasteiger partial charge in [-0.2, -0.15) is 0 Å². The number of nitrogens with zero attached hydrogens (tertiary/aromatic N) is 2. The molecule has 2 rings (SSSR count). The van der Waals surface area contributed by atoms with E-state index in [0.717, 1.165) is 15.5 Å². The number of imidazole rings is 1. The molecular formula is C10H8BrF3N2O. The third-order valence-electron chi connectivity index (χ3n) is 2.18. The van der Waals surface area contributed by atoms with Gasteiger partial charge in [-0.1, -0.05) is 15.9 Å². The number of benzene rings is 1.